The van der Waals surface area contributed by atoms with Crippen molar-refractivity contribution in [2.75, 3.05) is 13.6 Å². The van der Waals surface area contributed by atoms with Gasteiger partial charge in [0.15, 0.2) is 0 Å². The van der Waals surface area contributed by atoms with E-state index < -0.39 is 0 Å². The summed E-state index contributed by atoms with van der Waals surface area (Å²) in [6.45, 7) is 4.26. The van der Waals surface area contributed by atoms with Crippen LogP contribution in [0.3, 0.4) is 0 Å². The molecule has 0 saturated heterocycles. The van der Waals surface area contributed by atoms with Gasteiger partial charge in [-0.05, 0) is 25.0 Å². The normalized spacial score (nSPS) is 10.2. The first-order chi connectivity index (χ1) is 9.61. The van der Waals surface area contributed by atoms with Crippen LogP contribution in [0, 0.1) is 0 Å². The van der Waals surface area contributed by atoms with Crippen LogP contribution in [0.5, 0.6) is 0 Å². The van der Waals surface area contributed by atoms with Gasteiger partial charge < -0.3 is 10.0 Å². The van der Waals surface area contributed by atoms with E-state index in [0.29, 0.717) is 6.42 Å². The number of nitrogens with zero attached hydrogens (tertiary/aromatic N) is 1. The molecule has 1 amide bonds. The third-order valence-electron chi connectivity index (χ3n) is 3.33. The molecule has 0 heterocycles. The molecular formula is C17H25NO2. The lowest BCUT2D eigenvalue weighted by atomic mass is 10.1. The molecule has 0 atom stereocenters. The maximum absolute atomic E-state index is 12.1. The molecular weight excluding hydrogens is 250 g/mol. The number of hydrogen-bond acceptors (Lipinski definition) is 2. The highest BCUT2D eigenvalue weighted by Gasteiger charge is 2.09. The van der Waals surface area contributed by atoms with Crippen molar-refractivity contribution in [3.8, 4) is 0 Å². The zero-order chi connectivity index (χ0) is 14.8. The molecule has 0 radical (unpaired) electrons. The van der Waals surface area contributed by atoms with Crippen molar-refractivity contribution in [1.82, 2.24) is 4.90 Å². The van der Waals surface area contributed by atoms with Crippen molar-refractivity contribution in [3.63, 3.8) is 0 Å². The molecule has 0 aliphatic carbocycles. The lowest BCUT2D eigenvalue weighted by Gasteiger charge is -2.17. The predicted molar refractivity (Wildman–Crippen MR) is 82.9 cm³/mol. The Balaban J connectivity index is 2.13. The molecule has 0 aliphatic rings. The van der Waals surface area contributed by atoms with Crippen LogP contribution < -0.4 is 0 Å². The van der Waals surface area contributed by atoms with Gasteiger partial charge in [-0.2, -0.15) is 0 Å². The second-order valence-electron chi connectivity index (χ2n) is 5.18. The Morgan fingerprint density at radius 2 is 1.70 bits per heavy atom. The molecule has 0 aliphatic heterocycles. The fraction of sp³-hybridized carbons (Fsp3) is 0.471. The molecule has 0 bridgehead atoms. The van der Waals surface area contributed by atoms with Crippen LogP contribution in [0.2, 0.25) is 0 Å². The third-order valence-corrected chi connectivity index (χ3v) is 3.33. The molecule has 1 N–H and O–H groups in total. The van der Waals surface area contributed by atoms with Gasteiger partial charge >= 0.3 is 0 Å². The molecule has 1 rings (SSSR count). The maximum atomic E-state index is 12.1. The number of hydrogen-bond donors (Lipinski definition) is 1. The summed E-state index contributed by atoms with van der Waals surface area (Å²) in [6.07, 6.45) is 6.08. The standard InChI is InChI=1S/C17H25NO2/c1-15(19)11-7-4-3-5-10-14-18(2)17(20)16-12-8-6-9-13-16/h6,8-9,12-13,19H,1,3-5,7,10-11,14H2,2H3. The fourth-order valence-electron chi connectivity index (χ4n) is 2.11. The molecule has 0 saturated carbocycles. The van der Waals surface area contributed by atoms with Crippen molar-refractivity contribution in [2.24, 2.45) is 0 Å². The first-order valence-corrected chi connectivity index (χ1v) is 7.28. The topological polar surface area (TPSA) is 40.5 Å². The summed E-state index contributed by atoms with van der Waals surface area (Å²) in [5.74, 6) is 0.361. The van der Waals surface area contributed by atoms with E-state index >= 15 is 0 Å². The molecule has 0 unspecified atom stereocenters. The lowest BCUT2D eigenvalue weighted by Crippen LogP contribution is -2.27. The first kappa shape index (κ1) is 16.3. The average molecular weight is 275 g/mol. The average Bonchev–Trinajstić information content (AvgIpc) is 2.45. The van der Waals surface area contributed by atoms with E-state index in [4.69, 9.17) is 5.11 Å². The summed E-state index contributed by atoms with van der Waals surface area (Å²) >= 11 is 0. The number of carbonyl (C=O) groups excluding carboxylic acids is 1. The zero-order valence-electron chi connectivity index (χ0n) is 12.3. The number of rotatable bonds is 9. The summed E-state index contributed by atoms with van der Waals surface area (Å²) in [5.41, 5.74) is 0.747. The highest BCUT2D eigenvalue weighted by atomic mass is 16.3. The quantitative estimate of drug-likeness (QED) is 0.543. The minimum Gasteiger partial charge on any atom is -0.513 e. The molecule has 20 heavy (non-hydrogen) atoms. The van der Waals surface area contributed by atoms with Crippen molar-refractivity contribution < 1.29 is 9.90 Å². The van der Waals surface area contributed by atoms with Gasteiger partial charge in [-0.25, -0.2) is 0 Å². The number of benzene rings is 1. The van der Waals surface area contributed by atoms with E-state index in [1.807, 2.05) is 37.4 Å². The van der Waals surface area contributed by atoms with Gasteiger partial charge in [0.05, 0.1) is 5.76 Å². The second kappa shape index (κ2) is 9.18. The van der Waals surface area contributed by atoms with Crippen molar-refractivity contribution in [1.29, 1.82) is 0 Å². The van der Waals surface area contributed by atoms with Gasteiger partial charge in [-0.15, -0.1) is 0 Å². The molecule has 1 aromatic carbocycles. The van der Waals surface area contributed by atoms with E-state index in [-0.39, 0.29) is 11.7 Å². The Hall–Kier alpha value is -1.77. The Morgan fingerprint density at radius 1 is 1.10 bits per heavy atom. The van der Waals surface area contributed by atoms with Gasteiger partial charge in [0.2, 0.25) is 0 Å². The molecule has 3 heteroatoms. The van der Waals surface area contributed by atoms with Crippen LogP contribution in [-0.4, -0.2) is 29.5 Å². The number of allylic oxidation sites excluding steroid dienone is 1. The van der Waals surface area contributed by atoms with Crippen molar-refractivity contribution in [3.05, 3.63) is 48.2 Å². The molecule has 0 aromatic heterocycles. The van der Waals surface area contributed by atoms with Crippen LogP contribution in [0.1, 0.15) is 48.9 Å². The monoisotopic (exact) mass is 275 g/mol. The Labute approximate surface area is 121 Å². The Morgan fingerprint density at radius 3 is 2.35 bits per heavy atom. The number of unbranched alkanes of at least 4 members (excludes halogenated alkanes) is 4. The zero-order valence-corrected chi connectivity index (χ0v) is 12.3. The van der Waals surface area contributed by atoms with Crippen LogP contribution >= 0.6 is 0 Å². The van der Waals surface area contributed by atoms with Crippen molar-refractivity contribution in [2.45, 2.75) is 38.5 Å². The second-order valence-corrected chi connectivity index (χ2v) is 5.18. The highest BCUT2D eigenvalue weighted by molar-refractivity contribution is 5.93. The first-order valence-electron chi connectivity index (χ1n) is 7.28. The summed E-state index contributed by atoms with van der Waals surface area (Å²) in [4.78, 5) is 13.9. The molecule has 0 fully saturated rings. The van der Waals surface area contributed by atoms with Crippen LogP contribution in [0.4, 0.5) is 0 Å². The minimum atomic E-state index is 0.0854. The van der Waals surface area contributed by atoms with Gasteiger partial charge in [0.25, 0.3) is 5.91 Å². The summed E-state index contributed by atoms with van der Waals surface area (Å²) in [5, 5.41) is 8.96. The summed E-state index contributed by atoms with van der Waals surface area (Å²) in [6, 6.07) is 9.38. The van der Waals surface area contributed by atoms with Crippen LogP contribution in [-0.2, 0) is 0 Å². The molecule has 110 valence electrons. The van der Waals surface area contributed by atoms with Gasteiger partial charge in [0.1, 0.15) is 0 Å². The Bertz CT molecular complexity index is 414. The fourth-order valence-corrected chi connectivity index (χ4v) is 2.11. The highest BCUT2D eigenvalue weighted by Crippen LogP contribution is 2.09. The van der Waals surface area contributed by atoms with Gasteiger partial charge in [-0.3, -0.25) is 4.79 Å². The number of carbonyl (C=O) groups is 1. The molecule has 1 aromatic rings. The summed E-state index contributed by atoms with van der Waals surface area (Å²) < 4.78 is 0. The van der Waals surface area contributed by atoms with E-state index in [2.05, 4.69) is 6.58 Å². The van der Waals surface area contributed by atoms with Gasteiger partial charge in [0, 0.05) is 25.6 Å². The third kappa shape index (κ3) is 6.41. The number of aliphatic hydroxyl groups excluding tert-OH is 1. The van der Waals surface area contributed by atoms with Gasteiger partial charge in [-0.1, -0.05) is 44.0 Å². The smallest absolute Gasteiger partial charge is 0.253 e. The van der Waals surface area contributed by atoms with E-state index in [1.54, 1.807) is 4.90 Å². The minimum absolute atomic E-state index is 0.0854. The number of aliphatic hydroxyl groups is 1. The van der Waals surface area contributed by atoms with E-state index in [9.17, 15) is 4.79 Å². The SMILES string of the molecule is C=C(O)CCCCCCCN(C)C(=O)c1ccccc1. The maximum Gasteiger partial charge on any atom is 0.253 e. The van der Waals surface area contributed by atoms with Crippen molar-refractivity contribution >= 4 is 5.91 Å². The molecule has 3 nitrogen and oxygen atoms in total. The van der Waals surface area contributed by atoms with Crippen LogP contribution in [0.15, 0.2) is 42.7 Å². The Kier molecular flexibility index (Phi) is 7.48. The largest absolute Gasteiger partial charge is 0.513 e. The number of amides is 1. The van der Waals surface area contributed by atoms with Crippen LogP contribution in [0.25, 0.3) is 0 Å². The lowest BCUT2D eigenvalue weighted by molar-refractivity contribution is 0.0792. The van der Waals surface area contributed by atoms with E-state index in [0.717, 1.165) is 44.2 Å². The summed E-state index contributed by atoms with van der Waals surface area (Å²) in [7, 11) is 1.85. The molecule has 0 spiro atoms. The predicted octanol–water partition coefficient (Wildman–Crippen LogP) is 4.17. The van der Waals surface area contributed by atoms with E-state index in [1.165, 1.54) is 0 Å².